The summed E-state index contributed by atoms with van der Waals surface area (Å²) in [5.74, 6) is 0.534. The summed E-state index contributed by atoms with van der Waals surface area (Å²) >= 11 is 0. The van der Waals surface area contributed by atoms with Crippen LogP contribution in [0.2, 0.25) is 0 Å². The van der Waals surface area contributed by atoms with Gasteiger partial charge in [0.25, 0.3) is 0 Å². The van der Waals surface area contributed by atoms with Gasteiger partial charge in [-0.25, -0.2) is 9.97 Å². The second kappa shape index (κ2) is 11.1. The van der Waals surface area contributed by atoms with Crippen molar-refractivity contribution >= 4 is 0 Å². The maximum absolute atomic E-state index is 3.89. The number of hydrogen-bond acceptors (Lipinski definition) is 2. The molecule has 1 rings (SSSR count). The molecule has 1 aromatic rings. The van der Waals surface area contributed by atoms with E-state index >= 15 is 0 Å². The highest BCUT2D eigenvalue weighted by Crippen LogP contribution is 2.09. The minimum Gasteiger partial charge on any atom is -0.245 e. The molecule has 0 radical (unpaired) electrons. The van der Waals surface area contributed by atoms with E-state index in [0.717, 1.165) is 0 Å². The Hall–Kier alpha value is -0.920. The van der Waals surface area contributed by atoms with Gasteiger partial charge in [-0.15, -0.1) is 0 Å². The van der Waals surface area contributed by atoms with Gasteiger partial charge in [0.2, 0.25) is 0 Å². The van der Waals surface area contributed by atoms with Crippen LogP contribution in [0, 0.1) is 0 Å². The molecule has 0 saturated carbocycles. The maximum atomic E-state index is 3.89. The van der Waals surface area contributed by atoms with Crippen LogP contribution in [0.25, 0.3) is 0 Å². The van der Waals surface area contributed by atoms with Crippen LogP contribution in [0.15, 0.2) is 18.7 Å². The Balaban J connectivity index is 0. The average molecular weight is 182 g/mol. The molecule has 0 aromatic carbocycles. The molecule has 2 nitrogen and oxygen atoms in total. The second-order valence-electron chi connectivity index (χ2n) is 2.33. The van der Waals surface area contributed by atoms with Gasteiger partial charge in [0, 0.05) is 12.4 Å². The van der Waals surface area contributed by atoms with Gasteiger partial charge in [0.15, 0.2) is 0 Å². The summed E-state index contributed by atoms with van der Waals surface area (Å²) in [6.45, 7) is 12.2. The first-order valence-corrected chi connectivity index (χ1v) is 5.05. The smallest absolute Gasteiger partial charge is 0.115 e. The lowest BCUT2D eigenvalue weighted by molar-refractivity contribution is 0.845. The molecule has 1 aromatic heterocycles. The lowest BCUT2D eigenvalue weighted by Gasteiger charge is -1.99. The summed E-state index contributed by atoms with van der Waals surface area (Å²) < 4.78 is 0. The van der Waals surface area contributed by atoms with Gasteiger partial charge in [-0.2, -0.15) is 0 Å². The van der Waals surface area contributed by atoms with Gasteiger partial charge in [-0.3, -0.25) is 0 Å². The van der Waals surface area contributed by atoms with Gasteiger partial charge in [-0.05, 0) is 11.5 Å². The van der Waals surface area contributed by atoms with E-state index in [2.05, 4.69) is 23.8 Å². The first kappa shape index (κ1) is 14.6. The van der Waals surface area contributed by atoms with Gasteiger partial charge < -0.3 is 0 Å². The number of rotatable bonds is 1. The van der Waals surface area contributed by atoms with Crippen molar-refractivity contribution in [2.45, 2.75) is 47.5 Å². The van der Waals surface area contributed by atoms with E-state index in [1.165, 1.54) is 5.56 Å². The summed E-state index contributed by atoms with van der Waals surface area (Å²) in [7, 11) is 0. The molecule has 0 aliphatic heterocycles. The van der Waals surface area contributed by atoms with Crippen LogP contribution in [0.5, 0.6) is 0 Å². The van der Waals surface area contributed by atoms with Crippen molar-refractivity contribution in [2.75, 3.05) is 0 Å². The maximum Gasteiger partial charge on any atom is 0.115 e. The zero-order valence-electron chi connectivity index (χ0n) is 9.70. The van der Waals surface area contributed by atoms with E-state index in [1.807, 2.05) is 40.1 Å². The van der Waals surface area contributed by atoms with Crippen molar-refractivity contribution in [3.63, 3.8) is 0 Å². The number of nitrogens with zero attached hydrogens (tertiary/aromatic N) is 2. The Kier molecular flexibility index (Phi) is 12.4. The lowest BCUT2D eigenvalue weighted by Crippen LogP contribution is -1.88. The van der Waals surface area contributed by atoms with Crippen molar-refractivity contribution < 1.29 is 0 Å². The van der Waals surface area contributed by atoms with Crippen LogP contribution in [0.1, 0.15) is 53.0 Å². The Labute approximate surface area is 82.4 Å². The predicted molar refractivity (Wildman–Crippen MR) is 58.8 cm³/mol. The highest BCUT2D eigenvalue weighted by molar-refractivity contribution is 5.06. The first-order chi connectivity index (χ1) is 6.30. The average Bonchev–Trinajstić information content (AvgIpc) is 2.25. The monoisotopic (exact) mass is 182 g/mol. The van der Waals surface area contributed by atoms with Crippen molar-refractivity contribution in [3.8, 4) is 0 Å². The molecule has 76 valence electrons. The number of aromatic nitrogens is 2. The van der Waals surface area contributed by atoms with E-state index < -0.39 is 0 Å². The molecular formula is C11H22N2. The lowest BCUT2D eigenvalue weighted by atomic mass is 10.1. The Morgan fingerprint density at radius 2 is 1.31 bits per heavy atom. The molecule has 0 aliphatic carbocycles. The third-order valence-electron chi connectivity index (χ3n) is 1.25. The van der Waals surface area contributed by atoms with Crippen molar-refractivity contribution in [1.29, 1.82) is 0 Å². The van der Waals surface area contributed by atoms with E-state index in [9.17, 15) is 0 Å². The van der Waals surface area contributed by atoms with E-state index in [0.29, 0.717) is 5.92 Å². The third-order valence-corrected chi connectivity index (χ3v) is 1.25. The van der Waals surface area contributed by atoms with Crippen LogP contribution in [0.4, 0.5) is 0 Å². The topological polar surface area (TPSA) is 25.8 Å². The summed E-state index contributed by atoms with van der Waals surface area (Å²) in [5.41, 5.74) is 1.19. The van der Waals surface area contributed by atoms with Crippen LogP contribution in [-0.4, -0.2) is 9.97 Å². The van der Waals surface area contributed by atoms with Crippen molar-refractivity contribution in [1.82, 2.24) is 9.97 Å². The quantitative estimate of drug-likeness (QED) is 0.662. The molecular weight excluding hydrogens is 160 g/mol. The summed E-state index contributed by atoms with van der Waals surface area (Å²) in [6, 6.07) is 0. The number of hydrogen-bond donors (Lipinski definition) is 0. The molecule has 0 saturated heterocycles. The van der Waals surface area contributed by atoms with E-state index in [1.54, 1.807) is 6.33 Å². The molecule has 0 unspecified atom stereocenters. The highest BCUT2D eigenvalue weighted by Gasteiger charge is 1.95. The molecule has 0 fully saturated rings. The second-order valence-corrected chi connectivity index (χ2v) is 2.33. The molecule has 0 spiro atoms. The van der Waals surface area contributed by atoms with Gasteiger partial charge >= 0.3 is 0 Å². The molecule has 0 atom stereocenters. The van der Waals surface area contributed by atoms with Gasteiger partial charge in [-0.1, -0.05) is 41.5 Å². The third kappa shape index (κ3) is 7.44. The molecule has 0 N–H and O–H groups in total. The van der Waals surface area contributed by atoms with Gasteiger partial charge in [0.1, 0.15) is 6.33 Å². The minimum absolute atomic E-state index is 0.534. The van der Waals surface area contributed by atoms with Crippen LogP contribution < -0.4 is 0 Å². The zero-order chi connectivity index (χ0) is 10.7. The summed E-state index contributed by atoms with van der Waals surface area (Å²) in [4.78, 5) is 7.79. The van der Waals surface area contributed by atoms with E-state index in [-0.39, 0.29) is 0 Å². The molecule has 0 bridgehead atoms. The predicted octanol–water partition coefficient (Wildman–Crippen LogP) is 3.65. The van der Waals surface area contributed by atoms with Crippen molar-refractivity contribution in [3.05, 3.63) is 24.3 Å². The largest absolute Gasteiger partial charge is 0.245 e. The van der Waals surface area contributed by atoms with Crippen molar-refractivity contribution in [2.24, 2.45) is 0 Å². The molecule has 2 heteroatoms. The van der Waals surface area contributed by atoms with E-state index in [4.69, 9.17) is 0 Å². The Bertz CT molecular complexity index is 171. The first-order valence-electron chi connectivity index (χ1n) is 5.05. The fraction of sp³-hybridized carbons (Fsp3) is 0.636. The SMILES string of the molecule is CC.CC.CC(C)c1cncnc1. The standard InChI is InChI=1S/C7H10N2.2C2H6/c1-6(2)7-3-8-5-9-4-7;2*1-2/h3-6H,1-2H3;2*1-2H3. The highest BCUT2D eigenvalue weighted by atomic mass is 14.8. The van der Waals surface area contributed by atoms with Crippen LogP contribution >= 0.6 is 0 Å². The zero-order valence-corrected chi connectivity index (χ0v) is 9.70. The van der Waals surface area contributed by atoms with Crippen LogP contribution in [0.3, 0.4) is 0 Å². The molecule has 13 heavy (non-hydrogen) atoms. The Morgan fingerprint density at radius 3 is 1.54 bits per heavy atom. The summed E-state index contributed by atoms with van der Waals surface area (Å²) in [5, 5.41) is 0. The fourth-order valence-electron chi connectivity index (χ4n) is 0.609. The molecule has 1 heterocycles. The Morgan fingerprint density at radius 1 is 0.923 bits per heavy atom. The minimum atomic E-state index is 0.534. The molecule has 0 aliphatic rings. The van der Waals surface area contributed by atoms with Gasteiger partial charge in [0.05, 0.1) is 0 Å². The molecule has 0 amide bonds. The fourth-order valence-corrected chi connectivity index (χ4v) is 0.609. The summed E-state index contributed by atoms with van der Waals surface area (Å²) in [6.07, 6.45) is 5.24. The van der Waals surface area contributed by atoms with Crippen LogP contribution in [-0.2, 0) is 0 Å². The normalized spacial score (nSPS) is 7.92.